The second-order valence-corrected chi connectivity index (χ2v) is 9.30. The van der Waals surface area contributed by atoms with Gasteiger partial charge < -0.3 is 9.64 Å². The topological polar surface area (TPSA) is 66.9 Å². The average molecular weight is 381 g/mol. The zero-order valence-electron chi connectivity index (χ0n) is 15.8. The number of hydrogen-bond acceptors (Lipinski definition) is 4. The first-order chi connectivity index (χ1) is 12.3. The molecule has 26 heavy (non-hydrogen) atoms. The first-order valence-corrected chi connectivity index (χ1v) is 10.7. The summed E-state index contributed by atoms with van der Waals surface area (Å²) >= 11 is 0. The molecular formula is C19H28N2O4S. The number of carbonyl (C=O) groups is 1. The van der Waals surface area contributed by atoms with Gasteiger partial charge >= 0.3 is 0 Å². The van der Waals surface area contributed by atoms with Crippen molar-refractivity contribution >= 4 is 15.9 Å². The van der Waals surface area contributed by atoms with Gasteiger partial charge in [0.15, 0.2) is 0 Å². The van der Waals surface area contributed by atoms with E-state index in [4.69, 9.17) is 4.74 Å². The lowest BCUT2D eigenvalue weighted by atomic mass is 9.98. The first kappa shape index (κ1) is 19.2. The summed E-state index contributed by atoms with van der Waals surface area (Å²) in [4.78, 5) is 15.0. The van der Waals surface area contributed by atoms with Crippen molar-refractivity contribution in [3.05, 3.63) is 23.8 Å². The smallest absolute Gasteiger partial charge is 0.243 e. The third kappa shape index (κ3) is 3.60. The Hall–Kier alpha value is -1.60. The second kappa shape index (κ2) is 7.56. The molecular weight excluding hydrogens is 352 g/mol. The number of benzene rings is 1. The van der Waals surface area contributed by atoms with Crippen LogP contribution >= 0.6 is 0 Å². The molecule has 1 atom stereocenters. The molecule has 0 spiro atoms. The molecule has 2 fully saturated rings. The lowest BCUT2D eigenvalue weighted by molar-refractivity contribution is -0.135. The van der Waals surface area contributed by atoms with Crippen LogP contribution in [0.4, 0.5) is 0 Å². The molecule has 0 aromatic heterocycles. The minimum atomic E-state index is -3.70. The average Bonchev–Trinajstić information content (AvgIpc) is 3.12. The number of ether oxygens (including phenoxy) is 1. The predicted octanol–water partition coefficient (Wildman–Crippen LogP) is 2.42. The van der Waals surface area contributed by atoms with Gasteiger partial charge in [0.25, 0.3) is 0 Å². The lowest BCUT2D eigenvalue weighted by Crippen LogP contribution is -2.49. The Labute approximate surface area is 156 Å². The molecule has 0 aliphatic carbocycles. The third-order valence-corrected chi connectivity index (χ3v) is 7.46. The van der Waals surface area contributed by atoms with Crippen molar-refractivity contribution in [1.29, 1.82) is 0 Å². The Kier molecular flexibility index (Phi) is 5.58. The van der Waals surface area contributed by atoms with Crippen molar-refractivity contribution in [1.82, 2.24) is 9.21 Å². The quantitative estimate of drug-likeness (QED) is 0.805. The Morgan fingerprint density at radius 1 is 1.15 bits per heavy atom. The number of amides is 1. The molecule has 0 bridgehead atoms. The van der Waals surface area contributed by atoms with E-state index in [1.54, 1.807) is 25.3 Å². The molecule has 2 saturated heterocycles. The fourth-order valence-electron chi connectivity index (χ4n) is 3.86. The SMILES string of the molecule is COc1ccc(S(=O)(=O)N2CCC[C@H]2C(=O)N2CCC(C)CC2)cc1C. The summed E-state index contributed by atoms with van der Waals surface area (Å²) in [7, 11) is -2.14. The monoisotopic (exact) mass is 380 g/mol. The van der Waals surface area contributed by atoms with Gasteiger partial charge in [-0.05, 0) is 62.3 Å². The lowest BCUT2D eigenvalue weighted by Gasteiger charge is -2.34. The molecule has 0 N–H and O–H groups in total. The van der Waals surface area contributed by atoms with Crippen LogP contribution < -0.4 is 4.74 Å². The van der Waals surface area contributed by atoms with Crippen LogP contribution in [-0.2, 0) is 14.8 Å². The highest BCUT2D eigenvalue weighted by molar-refractivity contribution is 7.89. The number of piperidine rings is 1. The van der Waals surface area contributed by atoms with Crippen LogP contribution in [0.2, 0.25) is 0 Å². The van der Waals surface area contributed by atoms with Gasteiger partial charge in [0, 0.05) is 19.6 Å². The molecule has 2 aliphatic rings. The van der Waals surface area contributed by atoms with E-state index in [0.29, 0.717) is 24.6 Å². The van der Waals surface area contributed by atoms with Gasteiger partial charge in [-0.15, -0.1) is 0 Å². The number of likely N-dealkylation sites (tertiary alicyclic amines) is 1. The van der Waals surface area contributed by atoms with Crippen LogP contribution in [-0.4, -0.2) is 56.3 Å². The molecule has 0 radical (unpaired) electrons. The van der Waals surface area contributed by atoms with Crippen molar-refractivity contribution in [3.63, 3.8) is 0 Å². The van der Waals surface area contributed by atoms with E-state index in [2.05, 4.69) is 6.92 Å². The second-order valence-electron chi connectivity index (χ2n) is 7.41. The van der Waals surface area contributed by atoms with E-state index in [1.165, 1.54) is 4.31 Å². The van der Waals surface area contributed by atoms with Crippen LogP contribution in [0.1, 0.15) is 38.2 Å². The zero-order valence-corrected chi connectivity index (χ0v) is 16.6. The fraction of sp³-hybridized carbons (Fsp3) is 0.632. The van der Waals surface area contributed by atoms with Crippen molar-refractivity contribution in [3.8, 4) is 5.75 Å². The highest BCUT2D eigenvalue weighted by atomic mass is 32.2. The van der Waals surface area contributed by atoms with Gasteiger partial charge in [-0.3, -0.25) is 4.79 Å². The van der Waals surface area contributed by atoms with Crippen molar-refractivity contribution in [2.75, 3.05) is 26.7 Å². The summed E-state index contributed by atoms with van der Waals surface area (Å²) in [6.07, 6.45) is 3.29. The number of methoxy groups -OCH3 is 1. The number of sulfonamides is 1. The Morgan fingerprint density at radius 2 is 1.85 bits per heavy atom. The molecule has 0 unspecified atom stereocenters. The molecule has 7 heteroatoms. The van der Waals surface area contributed by atoms with Crippen molar-refractivity contribution in [2.24, 2.45) is 5.92 Å². The zero-order chi connectivity index (χ0) is 18.9. The van der Waals surface area contributed by atoms with Crippen molar-refractivity contribution in [2.45, 2.75) is 50.5 Å². The summed E-state index contributed by atoms with van der Waals surface area (Å²) in [5.74, 6) is 1.24. The van der Waals surface area contributed by atoms with Crippen LogP contribution in [0.25, 0.3) is 0 Å². The van der Waals surface area contributed by atoms with Crippen molar-refractivity contribution < 1.29 is 17.9 Å². The summed E-state index contributed by atoms with van der Waals surface area (Å²) in [6.45, 7) is 5.87. The molecule has 2 heterocycles. The maximum atomic E-state index is 13.2. The molecule has 3 rings (SSSR count). The van der Waals surface area contributed by atoms with E-state index in [1.807, 2.05) is 11.8 Å². The molecule has 6 nitrogen and oxygen atoms in total. The van der Waals surface area contributed by atoms with Crippen LogP contribution in [0.15, 0.2) is 23.1 Å². The highest BCUT2D eigenvalue weighted by Crippen LogP contribution is 2.30. The standard InChI is InChI=1S/C19H28N2O4S/c1-14-8-11-20(12-9-14)19(22)17-5-4-10-21(17)26(23,24)16-6-7-18(25-3)15(2)13-16/h6-7,13-14,17H,4-5,8-12H2,1-3H3/t17-/m0/s1. The van der Waals surface area contributed by atoms with E-state index in [9.17, 15) is 13.2 Å². The number of aryl methyl sites for hydroxylation is 1. The summed E-state index contributed by atoms with van der Waals surface area (Å²) in [5.41, 5.74) is 0.765. The minimum absolute atomic E-state index is 0.0387. The maximum Gasteiger partial charge on any atom is 0.243 e. The van der Waals surface area contributed by atoms with Gasteiger partial charge in [0.2, 0.25) is 15.9 Å². The number of carbonyl (C=O) groups excluding carboxylic acids is 1. The highest BCUT2D eigenvalue weighted by Gasteiger charge is 2.41. The predicted molar refractivity (Wildman–Crippen MR) is 99.6 cm³/mol. The Morgan fingerprint density at radius 3 is 2.46 bits per heavy atom. The molecule has 144 valence electrons. The Balaban J connectivity index is 1.82. The molecule has 0 saturated carbocycles. The van der Waals surface area contributed by atoms with Gasteiger partial charge in [-0.25, -0.2) is 8.42 Å². The van der Waals surface area contributed by atoms with E-state index in [-0.39, 0.29) is 10.8 Å². The molecule has 1 aromatic rings. The largest absolute Gasteiger partial charge is 0.496 e. The Bertz CT molecular complexity index is 770. The molecule has 1 amide bonds. The van der Waals surface area contributed by atoms with E-state index < -0.39 is 16.1 Å². The van der Waals surface area contributed by atoms with Gasteiger partial charge in [0.1, 0.15) is 11.8 Å². The summed E-state index contributed by atoms with van der Waals surface area (Å²) < 4.78 is 32.9. The molecule has 1 aromatic carbocycles. The number of rotatable bonds is 4. The fourth-order valence-corrected chi connectivity index (χ4v) is 5.60. The van der Waals surface area contributed by atoms with E-state index >= 15 is 0 Å². The summed E-state index contributed by atoms with van der Waals surface area (Å²) in [6, 6.07) is 4.28. The van der Waals surface area contributed by atoms with Gasteiger partial charge in [-0.1, -0.05) is 6.92 Å². The third-order valence-electron chi connectivity index (χ3n) is 5.56. The van der Waals surface area contributed by atoms with Crippen LogP contribution in [0, 0.1) is 12.8 Å². The van der Waals surface area contributed by atoms with Crippen LogP contribution in [0.5, 0.6) is 5.75 Å². The van der Waals surface area contributed by atoms with Gasteiger partial charge in [-0.2, -0.15) is 4.31 Å². The normalized spacial score (nSPS) is 22.6. The number of hydrogen-bond donors (Lipinski definition) is 0. The number of nitrogens with zero attached hydrogens (tertiary/aromatic N) is 2. The maximum absolute atomic E-state index is 13.2. The summed E-state index contributed by atoms with van der Waals surface area (Å²) in [5, 5.41) is 0. The van der Waals surface area contributed by atoms with Gasteiger partial charge in [0.05, 0.1) is 12.0 Å². The van der Waals surface area contributed by atoms with Crippen LogP contribution in [0.3, 0.4) is 0 Å². The minimum Gasteiger partial charge on any atom is -0.496 e. The first-order valence-electron chi connectivity index (χ1n) is 9.30. The molecule has 2 aliphatic heterocycles. The van der Waals surface area contributed by atoms with E-state index in [0.717, 1.165) is 37.9 Å².